The molecule has 192 valence electrons. The van der Waals surface area contributed by atoms with Gasteiger partial charge in [-0.2, -0.15) is 5.21 Å². The number of esters is 2. The first kappa shape index (κ1) is 24.7. The number of hydrogen-bond donors (Lipinski definition) is 1. The minimum atomic E-state index is -0.565. The summed E-state index contributed by atoms with van der Waals surface area (Å²) in [6.07, 6.45) is 0. The molecule has 0 atom stereocenters. The van der Waals surface area contributed by atoms with Crippen molar-refractivity contribution in [2.24, 2.45) is 0 Å². The Balaban J connectivity index is 1.72. The zero-order valence-electron chi connectivity index (χ0n) is 21.2. The average molecular weight is 513 g/mol. The number of nitrogens with one attached hydrogen (secondary N) is 1. The fourth-order valence-corrected chi connectivity index (χ4v) is 4.31. The molecule has 3 heterocycles. The zero-order valence-corrected chi connectivity index (χ0v) is 21.2. The van der Waals surface area contributed by atoms with Gasteiger partial charge >= 0.3 is 11.9 Å². The van der Waals surface area contributed by atoms with Crippen LogP contribution in [-0.4, -0.2) is 52.3 Å². The van der Waals surface area contributed by atoms with Crippen molar-refractivity contribution in [3.63, 3.8) is 0 Å². The summed E-state index contributed by atoms with van der Waals surface area (Å²) in [5.74, 6) is -0.0783. The molecule has 0 saturated heterocycles. The van der Waals surface area contributed by atoms with Gasteiger partial charge in [0.25, 0.3) is 11.8 Å². The van der Waals surface area contributed by atoms with Gasteiger partial charge in [-0.3, -0.25) is 9.59 Å². The maximum absolute atomic E-state index is 11.9. The van der Waals surface area contributed by atoms with Crippen molar-refractivity contribution in [3.8, 4) is 34.3 Å². The highest BCUT2D eigenvalue weighted by atomic mass is 16.6. The summed E-state index contributed by atoms with van der Waals surface area (Å²) < 4.78 is 12.6. The lowest BCUT2D eigenvalue weighted by Crippen LogP contribution is -2.11. The first-order valence-electron chi connectivity index (χ1n) is 11.9. The molecular weight excluding hydrogens is 488 g/mol. The van der Waals surface area contributed by atoms with Crippen LogP contribution in [0.25, 0.3) is 33.5 Å². The normalized spacial score (nSPS) is 11.2. The van der Waals surface area contributed by atoms with Gasteiger partial charge in [0.05, 0.1) is 6.54 Å². The van der Waals surface area contributed by atoms with E-state index in [1.165, 1.54) is 13.8 Å². The Morgan fingerprint density at radius 3 is 2.16 bits per heavy atom. The van der Waals surface area contributed by atoms with Gasteiger partial charge in [-0.15, -0.1) is 20.4 Å². The van der Waals surface area contributed by atoms with Crippen molar-refractivity contribution in [2.75, 3.05) is 0 Å². The van der Waals surface area contributed by atoms with Gasteiger partial charge in [-0.25, -0.2) is 4.98 Å². The number of imidazole rings is 1. The van der Waals surface area contributed by atoms with E-state index in [4.69, 9.17) is 14.5 Å². The van der Waals surface area contributed by atoms with Gasteiger partial charge < -0.3 is 14.0 Å². The van der Waals surface area contributed by atoms with E-state index >= 15 is 0 Å². The summed E-state index contributed by atoms with van der Waals surface area (Å²) in [6, 6.07) is 15.7. The molecule has 12 heteroatoms. The van der Waals surface area contributed by atoms with Crippen molar-refractivity contribution in [3.05, 3.63) is 59.9 Å². The maximum Gasteiger partial charge on any atom is 0.309 e. The second kappa shape index (κ2) is 10.2. The number of ether oxygens (including phenoxy) is 2. The molecular formula is C26H24N8O4. The number of tetrazole rings is 1. The van der Waals surface area contributed by atoms with Gasteiger partial charge in [-0.1, -0.05) is 62.4 Å². The van der Waals surface area contributed by atoms with Crippen molar-refractivity contribution < 1.29 is 19.1 Å². The molecule has 2 aromatic carbocycles. The Morgan fingerprint density at radius 2 is 1.50 bits per heavy atom. The van der Waals surface area contributed by atoms with E-state index in [1.807, 2.05) is 66.9 Å². The van der Waals surface area contributed by atoms with E-state index in [0.29, 0.717) is 23.7 Å². The van der Waals surface area contributed by atoms with E-state index in [9.17, 15) is 9.59 Å². The molecule has 0 radical (unpaired) electrons. The quantitative estimate of drug-likeness (QED) is 0.320. The van der Waals surface area contributed by atoms with Crippen LogP contribution in [0, 0.1) is 0 Å². The van der Waals surface area contributed by atoms with Gasteiger partial charge in [0, 0.05) is 25.3 Å². The predicted molar refractivity (Wildman–Crippen MR) is 136 cm³/mol. The van der Waals surface area contributed by atoms with Crippen LogP contribution in [0.3, 0.4) is 0 Å². The highest BCUT2D eigenvalue weighted by molar-refractivity contribution is 5.89. The van der Waals surface area contributed by atoms with Crippen LogP contribution in [0.1, 0.15) is 45.0 Å². The van der Waals surface area contributed by atoms with Crippen molar-refractivity contribution in [2.45, 2.75) is 40.2 Å². The summed E-state index contributed by atoms with van der Waals surface area (Å²) in [4.78, 5) is 28.4. The third-order valence-corrected chi connectivity index (χ3v) is 5.78. The summed E-state index contributed by atoms with van der Waals surface area (Å²) in [7, 11) is 0. The number of aromatic nitrogens is 8. The molecule has 3 aromatic heterocycles. The van der Waals surface area contributed by atoms with Crippen LogP contribution in [0.2, 0.25) is 0 Å². The van der Waals surface area contributed by atoms with E-state index < -0.39 is 11.9 Å². The Kier molecular flexibility index (Phi) is 6.60. The lowest BCUT2D eigenvalue weighted by atomic mass is 9.95. The summed E-state index contributed by atoms with van der Waals surface area (Å²) >= 11 is 0. The second-order valence-electron chi connectivity index (χ2n) is 8.84. The third-order valence-electron chi connectivity index (χ3n) is 5.78. The fraction of sp³-hybridized carbons (Fsp3) is 0.231. The van der Waals surface area contributed by atoms with Crippen LogP contribution in [0.4, 0.5) is 0 Å². The molecule has 0 aliphatic carbocycles. The van der Waals surface area contributed by atoms with Gasteiger partial charge in [-0.05, 0) is 21.9 Å². The average Bonchev–Trinajstić information content (AvgIpc) is 3.55. The minimum Gasteiger partial charge on any atom is -0.404 e. The predicted octanol–water partition coefficient (Wildman–Crippen LogP) is 3.70. The van der Waals surface area contributed by atoms with Crippen LogP contribution in [0.5, 0.6) is 11.8 Å². The smallest absolute Gasteiger partial charge is 0.309 e. The topological polar surface area (TPSA) is 151 Å². The molecule has 38 heavy (non-hydrogen) atoms. The molecule has 12 nitrogen and oxygen atoms in total. The fourth-order valence-electron chi connectivity index (χ4n) is 4.31. The third kappa shape index (κ3) is 4.71. The molecule has 0 saturated carbocycles. The molecule has 0 aliphatic heterocycles. The highest BCUT2D eigenvalue weighted by Gasteiger charge is 2.25. The standard InChI is InChI=1S/C26H24N8O4/c1-14(2)24-27-21-22(26(38-16(4)36)31-30-25(21)37-15(3)35)34(24)13-17-9-5-6-10-18(17)19-11-7-8-12-20(19)23-28-32-33-29-23/h5-12,14H,13H2,1-4H3,(H,28,29,32,33). The molecule has 0 aliphatic rings. The number of nitrogens with zero attached hydrogens (tertiary/aromatic N) is 7. The summed E-state index contributed by atoms with van der Waals surface area (Å²) in [5.41, 5.74) is 4.30. The number of fused-ring (bicyclic) bond motifs is 1. The lowest BCUT2D eigenvalue weighted by Gasteiger charge is -2.16. The Hall–Kier alpha value is -5.00. The van der Waals surface area contributed by atoms with Crippen molar-refractivity contribution >= 4 is 23.0 Å². The molecule has 0 spiro atoms. The van der Waals surface area contributed by atoms with Crippen molar-refractivity contribution in [1.29, 1.82) is 0 Å². The van der Waals surface area contributed by atoms with Crippen LogP contribution < -0.4 is 9.47 Å². The highest BCUT2D eigenvalue weighted by Crippen LogP contribution is 2.36. The number of aromatic amines is 1. The van der Waals surface area contributed by atoms with E-state index in [-0.39, 0.29) is 23.2 Å². The van der Waals surface area contributed by atoms with Crippen LogP contribution >= 0.6 is 0 Å². The molecule has 0 unspecified atom stereocenters. The van der Waals surface area contributed by atoms with Gasteiger partial charge in [0.2, 0.25) is 5.82 Å². The maximum atomic E-state index is 11.9. The molecule has 0 amide bonds. The van der Waals surface area contributed by atoms with Crippen LogP contribution in [0.15, 0.2) is 48.5 Å². The van der Waals surface area contributed by atoms with Gasteiger partial charge in [0.1, 0.15) is 11.3 Å². The van der Waals surface area contributed by atoms with E-state index in [0.717, 1.165) is 22.3 Å². The van der Waals surface area contributed by atoms with E-state index in [1.54, 1.807) is 0 Å². The number of rotatable bonds is 7. The molecule has 1 N–H and O–H groups in total. The summed E-state index contributed by atoms with van der Waals surface area (Å²) in [6.45, 7) is 6.88. The van der Waals surface area contributed by atoms with Crippen molar-refractivity contribution in [1.82, 2.24) is 40.4 Å². The minimum absolute atomic E-state index is 0.0209. The summed E-state index contributed by atoms with van der Waals surface area (Å²) in [5, 5.41) is 22.5. The molecule has 0 fully saturated rings. The monoisotopic (exact) mass is 512 g/mol. The SMILES string of the molecule is CC(=O)Oc1nnc(OC(C)=O)c2c1nc(C(C)C)n2Cc1ccccc1-c1ccccc1-c1nn[nH]n1. The molecule has 5 rings (SSSR count). The number of H-pyrrole nitrogens is 1. The Bertz CT molecular complexity index is 1640. The first-order valence-corrected chi connectivity index (χ1v) is 11.9. The first-order chi connectivity index (χ1) is 18.3. The number of carbonyl (C=O) groups is 2. The number of benzene rings is 2. The molecule has 5 aromatic rings. The largest absolute Gasteiger partial charge is 0.404 e. The van der Waals surface area contributed by atoms with Crippen LogP contribution in [-0.2, 0) is 16.1 Å². The Labute approximate surface area is 217 Å². The molecule has 0 bridgehead atoms. The Morgan fingerprint density at radius 1 is 0.868 bits per heavy atom. The lowest BCUT2D eigenvalue weighted by molar-refractivity contribution is -0.133. The second-order valence-corrected chi connectivity index (χ2v) is 8.84. The number of hydrogen-bond acceptors (Lipinski definition) is 10. The number of carbonyl (C=O) groups excluding carboxylic acids is 2. The van der Waals surface area contributed by atoms with E-state index in [2.05, 4.69) is 30.8 Å². The van der Waals surface area contributed by atoms with Gasteiger partial charge in [0.15, 0.2) is 5.52 Å². The zero-order chi connectivity index (χ0) is 26.8.